The van der Waals surface area contributed by atoms with Crippen molar-refractivity contribution >= 4 is 33.0 Å². The van der Waals surface area contributed by atoms with Crippen LogP contribution in [-0.4, -0.2) is 36.1 Å². The van der Waals surface area contributed by atoms with E-state index >= 15 is 0 Å². The number of nitrogens with zero attached hydrogens (tertiary/aromatic N) is 1. The van der Waals surface area contributed by atoms with Gasteiger partial charge in [0.05, 0.1) is 26.6 Å². The summed E-state index contributed by atoms with van der Waals surface area (Å²) in [6.45, 7) is 23.8. The fraction of sp³-hybridized carbons (Fsp3) is 0.333. The second-order valence-electron chi connectivity index (χ2n) is 14.0. The Labute approximate surface area is 356 Å². The van der Waals surface area contributed by atoms with Crippen LogP contribution in [0.5, 0.6) is 17.2 Å². The Bertz CT molecular complexity index is 2340. The predicted octanol–water partition coefficient (Wildman–Crippen LogP) is 11.7. The standard InChI is InChI=1S/C23H19NO4.C19H24N2O4S.3C2H6/c1-12(2)13-7-9-14(10-8-13)28-18-11-17(25)19-20(21(18)24)23(27)16-6-4-3-5-15(16)22(19)26;1-13(2)16-7-5-15(6-8-16)11-17-9-10-18(12-19(17)21(22)23)26(24,25)20-14(3)4;3*1-2/h3-12,25H,24H2,1-2H3;5-10,12-14,20H,11H2,1-4H3;3*1-2H3. The van der Waals surface area contributed by atoms with Crippen LogP contribution in [-0.2, 0) is 16.4 Å². The summed E-state index contributed by atoms with van der Waals surface area (Å²) in [4.78, 5) is 36.6. The van der Waals surface area contributed by atoms with Crippen LogP contribution in [0.1, 0.15) is 149 Å². The van der Waals surface area contributed by atoms with E-state index in [1.165, 1.54) is 23.8 Å². The number of phenolic OH excluding ortho intramolecular Hbond substituents is 1. The van der Waals surface area contributed by atoms with Gasteiger partial charge < -0.3 is 15.6 Å². The lowest BCUT2D eigenvalue weighted by Crippen LogP contribution is -2.30. The highest BCUT2D eigenvalue weighted by molar-refractivity contribution is 7.89. The summed E-state index contributed by atoms with van der Waals surface area (Å²) in [5, 5.41) is 21.9. The van der Waals surface area contributed by atoms with Crippen molar-refractivity contribution < 1.29 is 32.8 Å². The van der Waals surface area contributed by atoms with Crippen LogP contribution in [0.4, 0.5) is 11.4 Å². The maximum Gasteiger partial charge on any atom is 0.274 e. The average Bonchev–Trinajstić information content (AvgIpc) is 3.23. The number of aromatic hydroxyl groups is 1. The molecular weight excluding hydrogens is 779 g/mol. The highest BCUT2D eigenvalue weighted by Crippen LogP contribution is 2.42. The van der Waals surface area contributed by atoms with Crippen LogP contribution in [0, 0.1) is 10.1 Å². The number of carbonyl (C=O) groups excluding carboxylic acids is 2. The summed E-state index contributed by atoms with van der Waals surface area (Å²) in [5.41, 5.74) is 10.3. The van der Waals surface area contributed by atoms with Crippen molar-refractivity contribution in [2.24, 2.45) is 0 Å². The van der Waals surface area contributed by atoms with Gasteiger partial charge in [0.2, 0.25) is 10.0 Å². The maximum absolute atomic E-state index is 13.0. The third-order valence-electron chi connectivity index (χ3n) is 8.95. The molecule has 5 aromatic carbocycles. The van der Waals surface area contributed by atoms with Gasteiger partial charge in [-0.3, -0.25) is 19.7 Å². The zero-order valence-corrected chi connectivity index (χ0v) is 37.7. The summed E-state index contributed by atoms with van der Waals surface area (Å²) in [6.07, 6.45) is 0.368. The number of fused-ring (bicyclic) bond motifs is 2. The molecule has 0 aromatic heterocycles. The quantitative estimate of drug-likeness (QED) is 0.0524. The van der Waals surface area contributed by atoms with E-state index in [0.29, 0.717) is 29.6 Å². The number of hydrogen-bond donors (Lipinski definition) is 3. The second-order valence-corrected chi connectivity index (χ2v) is 15.7. The number of nitrogen functional groups attached to an aromatic ring is 1. The number of nitro groups is 1. The summed E-state index contributed by atoms with van der Waals surface area (Å²) < 4.78 is 32.8. The number of benzene rings is 5. The zero-order chi connectivity index (χ0) is 45.5. The van der Waals surface area contributed by atoms with E-state index in [1.807, 2.05) is 77.9 Å². The first kappa shape index (κ1) is 50.3. The van der Waals surface area contributed by atoms with Gasteiger partial charge >= 0.3 is 0 Å². The smallest absolute Gasteiger partial charge is 0.274 e. The molecule has 12 heteroatoms. The molecule has 60 heavy (non-hydrogen) atoms. The number of nitrogens with one attached hydrogen (secondary N) is 1. The van der Waals surface area contributed by atoms with Crippen LogP contribution >= 0.6 is 0 Å². The molecular formula is C48H61N3O8S. The largest absolute Gasteiger partial charge is 0.507 e. The molecule has 0 saturated heterocycles. The lowest BCUT2D eigenvalue weighted by molar-refractivity contribution is -0.385. The number of carbonyl (C=O) groups is 2. The lowest BCUT2D eigenvalue weighted by atomic mass is 9.82. The third kappa shape index (κ3) is 12.3. The number of sulfonamides is 1. The highest BCUT2D eigenvalue weighted by atomic mass is 32.2. The van der Waals surface area contributed by atoms with Gasteiger partial charge in [0.25, 0.3) is 5.69 Å². The van der Waals surface area contributed by atoms with Crippen LogP contribution in [0.25, 0.3) is 0 Å². The fourth-order valence-corrected chi connectivity index (χ4v) is 7.33. The van der Waals surface area contributed by atoms with Crippen molar-refractivity contribution in [3.05, 3.63) is 152 Å². The van der Waals surface area contributed by atoms with E-state index in [1.54, 1.807) is 50.2 Å². The normalized spacial score (nSPS) is 11.4. The molecule has 0 radical (unpaired) electrons. The lowest BCUT2D eigenvalue weighted by Gasteiger charge is -2.21. The average molecular weight is 840 g/mol. The Morgan fingerprint density at radius 3 is 1.67 bits per heavy atom. The van der Waals surface area contributed by atoms with Gasteiger partial charge in [0, 0.05) is 41.3 Å². The molecule has 0 spiro atoms. The van der Waals surface area contributed by atoms with E-state index in [-0.39, 0.29) is 56.1 Å². The van der Waals surface area contributed by atoms with E-state index < -0.39 is 26.5 Å². The first-order chi connectivity index (χ1) is 28.5. The topological polar surface area (TPSA) is 179 Å². The Morgan fingerprint density at radius 1 is 0.717 bits per heavy atom. The molecule has 0 unspecified atom stereocenters. The number of nitro benzene ring substituents is 1. The molecule has 0 bridgehead atoms. The van der Waals surface area contributed by atoms with E-state index in [0.717, 1.165) is 17.2 Å². The maximum atomic E-state index is 13.0. The van der Waals surface area contributed by atoms with Gasteiger partial charge in [-0.2, -0.15) is 0 Å². The van der Waals surface area contributed by atoms with Crippen molar-refractivity contribution in [1.29, 1.82) is 0 Å². The van der Waals surface area contributed by atoms with Crippen LogP contribution in [0.15, 0.2) is 102 Å². The molecule has 4 N–H and O–H groups in total. The molecule has 1 aliphatic rings. The molecule has 0 saturated carbocycles. The summed E-state index contributed by atoms with van der Waals surface area (Å²) >= 11 is 0. The van der Waals surface area contributed by atoms with E-state index in [4.69, 9.17) is 10.5 Å². The fourth-order valence-electron chi connectivity index (χ4n) is 6.06. The van der Waals surface area contributed by atoms with Crippen LogP contribution in [0.3, 0.4) is 0 Å². The molecule has 0 amide bonds. The Morgan fingerprint density at radius 2 is 1.20 bits per heavy atom. The Kier molecular flexibility index (Phi) is 19.3. The van der Waals surface area contributed by atoms with Gasteiger partial charge in [0.1, 0.15) is 11.5 Å². The first-order valence-corrected chi connectivity index (χ1v) is 22.0. The minimum Gasteiger partial charge on any atom is -0.507 e. The van der Waals surface area contributed by atoms with Crippen molar-refractivity contribution in [3.63, 3.8) is 0 Å². The Balaban J connectivity index is 0.000000369. The summed E-state index contributed by atoms with van der Waals surface area (Å²) in [7, 11) is -3.77. The number of phenols is 1. The number of nitrogens with two attached hydrogens (primary N) is 1. The van der Waals surface area contributed by atoms with Gasteiger partial charge in [-0.05, 0) is 60.6 Å². The highest BCUT2D eigenvalue weighted by Gasteiger charge is 2.35. The molecule has 0 atom stereocenters. The minimum atomic E-state index is -3.77. The summed E-state index contributed by atoms with van der Waals surface area (Å²) in [5.74, 6) is 0.290. The molecule has 0 aliphatic heterocycles. The minimum absolute atomic E-state index is 0.0162. The van der Waals surface area contributed by atoms with Gasteiger partial charge in [0.15, 0.2) is 17.3 Å². The molecule has 0 heterocycles. The number of ether oxygens (including phenoxy) is 1. The monoisotopic (exact) mass is 839 g/mol. The van der Waals surface area contributed by atoms with Crippen LogP contribution in [0.2, 0.25) is 0 Å². The second kappa shape index (κ2) is 23.1. The van der Waals surface area contributed by atoms with E-state index in [9.17, 15) is 33.2 Å². The van der Waals surface area contributed by atoms with Crippen molar-refractivity contribution in [1.82, 2.24) is 4.72 Å². The summed E-state index contributed by atoms with van der Waals surface area (Å²) in [6, 6.07) is 26.9. The number of ketones is 2. The van der Waals surface area contributed by atoms with Crippen molar-refractivity contribution in [2.45, 2.75) is 112 Å². The molecule has 322 valence electrons. The number of hydrogen-bond acceptors (Lipinski definition) is 9. The molecule has 11 nitrogen and oxygen atoms in total. The zero-order valence-electron chi connectivity index (χ0n) is 36.9. The molecule has 5 aromatic rings. The van der Waals surface area contributed by atoms with Gasteiger partial charge in [-0.1, -0.05) is 136 Å². The van der Waals surface area contributed by atoms with Crippen LogP contribution < -0.4 is 15.2 Å². The Hall–Kier alpha value is -5.85. The van der Waals surface area contributed by atoms with Crippen molar-refractivity contribution in [3.8, 4) is 17.2 Å². The molecule has 6 rings (SSSR count). The molecule has 1 aliphatic carbocycles. The van der Waals surface area contributed by atoms with Gasteiger partial charge in [-0.15, -0.1) is 0 Å². The molecule has 0 fully saturated rings. The number of anilines is 1. The number of rotatable bonds is 10. The predicted molar refractivity (Wildman–Crippen MR) is 242 cm³/mol. The van der Waals surface area contributed by atoms with E-state index in [2.05, 4.69) is 32.4 Å². The van der Waals surface area contributed by atoms with Gasteiger partial charge in [-0.25, -0.2) is 13.1 Å². The SMILES string of the molecule is CC.CC.CC.CC(C)NS(=O)(=O)c1ccc(Cc2ccc(C(C)C)cc2)c([N+](=O)[O-])c1.CC(C)c1ccc(Oc2cc(O)c3c(c2N)C(=O)c2ccccc2C3=O)cc1. The van der Waals surface area contributed by atoms with Crippen molar-refractivity contribution in [2.75, 3.05) is 5.73 Å². The first-order valence-electron chi connectivity index (χ1n) is 20.5. The third-order valence-corrected chi connectivity index (χ3v) is 10.6.